The van der Waals surface area contributed by atoms with Crippen LogP contribution in [0.25, 0.3) is 11.1 Å². The van der Waals surface area contributed by atoms with Gasteiger partial charge >= 0.3 is 11.9 Å². The molecule has 0 radical (unpaired) electrons. The van der Waals surface area contributed by atoms with E-state index in [9.17, 15) is 19.8 Å². The highest BCUT2D eigenvalue weighted by Gasteiger charge is 2.41. The summed E-state index contributed by atoms with van der Waals surface area (Å²) in [4.78, 5) is 23.5. The molecule has 35 heavy (non-hydrogen) atoms. The molecule has 0 fully saturated rings. The predicted molar refractivity (Wildman–Crippen MR) is 134 cm³/mol. The van der Waals surface area contributed by atoms with E-state index in [1.165, 1.54) is 12.7 Å². The fraction of sp³-hybridized carbons (Fsp3) is 0.481. The number of ether oxygens (including phenoxy) is 3. The zero-order valence-corrected chi connectivity index (χ0v) is 21.3. The summed E-state index contributed by atoms with van der Waals surface area (Å²) in [6, 6.07) is 13.8. The lowest BCUT2D eigenvalue weighted by atomic mass is 9.90. The second kappa shape index (κ2) is 14.1. The van der Waals surface area contributed by atoms with E-state index in [2.05, 4.69) is 15.5 Å². The number of aliphatic hydroxyl groups excluding tert-OH is 1. The number of unbranched alkanes of at least 4 members (excludes halogenated alkanes) is 3. The Balaban J connectivity index is 1.83. The lowest BCUT2D eigenvalue weighted by Gasteiger charge is -2.26. The summed E-state index contributed by atoms with van der Waals surface area (Å²) >= 11 is 6.25. The molecule has 0 heterocycles. The van der Waals surface area contributed by atoms with Gasteiger partial charge in [0.2, 0.25) is 0 Å². The van der Waals surface area contributed by atoms with Crippen LogP contribution in [0.3, 0.4) is 0 Å². The first-order valence-corrected chi connectivity index (χ1v) is 12.1. The van der Waals surface area contributed by atoms with Crippen LogP contribution < -0.4 is 4.74 Å². The molecular formula is C27H35ClO7. The molecule has 0 spiro atoms. The monoisotopic (exact) mass is 506 g/mol. The summed E-state index contributed by atoms with van der Waals surface area (Å²) < 4.78 is 14.4. The van der Waals surface area contributed by atoms with Crippen molar-refractivity contribution in [3.05, 3.63) is 53.1 Å². The van der Waals surface area contributed by atoms with Crippen molar-refractivity contribution in [2.24, 2.45) is 0 Å². The molecule has 0 aromatic heterocycles. The number of aryl methyl sites for hydroxylation is 1. The van der Waals surface area contributed by atoms with Crippen molar-refractivity contribution in [3.8, 4) is 16.9 Å². The van der Waals surface area contributed by atoms with Gasteiger partial charge in [0.05, 0.1) is 33.9 Å². The SMILES string of the molecule is COC(=O)CC(O)(CC(O)CCCCCCc1ccc(Cl)cc1-c1ccc(OC)cc1)C(=O)OC. The number of methoxy groups -OCH3 is 3. The summed E-state index contributed by atoms with van der Waals surface area (Å²) in [6.07, 6.45) is 3.03. The second-order valence-corrected chi connectivity index (χ2v) is 9.05. The topological polar surface area (TPSA) is 102 Å². The fourth-order valence-electron chi connectivity index (χ4n) is 4.08. The average Bonchev–Trinajstić information content (AvgIpc) is 2.86. The largest absolute Gasteiger partial charge is 0.497 e. The van der Waals surface area contributed by atoms with Crippen molar-refractivity contribution in [3.63, 3.8) is 0 Å². The Bertz CT molecular complexity index is 961. The van der Waals surface area contributed by atoms with Crippen LogP contribution in [-0.2, 0) is 25.5 Å². The maximum absolute atomic E-state index is 11.9. The van der Waals surface area contributed by atoms with E-state index in [1.54, 1.807) is 7.11 Å². The molecule has 2 aromatic carbocycles. The minimum absolute atomic E-state index is 0.287. The molecule has 7 nitrogen and oxygen atoms in total. The molecule has 0 saturated carbocycles. The number of halogens is 1. The highest BCUT2D eigenvalue weighted by Crippen LogP contribution is 2.30. The molecule has 2 unspecified atom stereocenters. The average molecular weight is 507 g/mol. The first-order chi connectivity index (χ1) is 16.7. The number of benzene rings is 2. The smallest absolute Gasteiger partial charge is 0.338 e. The Morgan fingerprint density at radius 3 is 2.29 bits per heavy atom. The molecule has 192 valence electrons. The van der Waals surface area contributed by atoms with Gasteiger partial charge in [0.15, 0.2) is 5.60 Å². The van der Waals surface area contributed by atoms with E-state index in [0.29, 0.717) is 11.4 Å². The van der Waals surface area contributed by atoms with Gasteiger partial charge in [0.25, 0.3) is 0 Å². The number of rotatable bonds is 14. The highest BCUT2D eigenvalue weighted by atomic mass is 35.5. The zero-order chi connectivity index (χ0) is 25.8. The Morgan fingerprint density at radius 2 is 1.66 bits per heavy atom. The Hall–Kier alpha value is -2.61. The molecule has 0 aliphatic heterocycles. The zero-order valence-electron chi connectivity index (χ0n) is 20.6. The lowest BCUT2D eigenvalue weighted by Crippen LogP contribution is -2.44. The van der Waals surface area contributed by atoms with E-state index in [-0.39, 0.29) is 6.42 Å². The summed E-state index contributed by atoms with van der Waals surface area (Å²) in [5, 5.41) is 21.6. The van der Waals surface area contributed by atoms with E-state index in [0.717, 1.165) is 56.1 Å². The van der Waals surface area contributed by atoms with E-state index in [4.69, 9.17) is 16.3 Å². The fourth-order valence-corrected chi connectivity index (χ4v) is 4.25. The molecule has 2 aromatic rings. The number of hydrogen-bond donors (Lipinski definition) is 2. The molecule has 0 aliphatic carbocycles. The van der Waals surface area contributed by atoms with Crippen LogP contribution in [0.1, 0.15) is 50.5 Å². The third-order valence-electron chi connectivity index (χ3n) is 6.01. The van der Waals surface area contributed by atoms with Crippen molar-refractivity contribution in [1.29, 1.82) is 0 Å². The maximum Gasteiger partial charge on any atom is 0.338 e. The first-order valence-electron chi connectivity index (χ1n) is 11.7. The van der Waals surface area contributed by atoms with Gasteiger partial charge in [-0.3, -0.25) is 4.79 Å². The minimum atomic E-state index is -2.10. The van der Waals surface area contributed by atoms with Gasteiger partial charge in [0, 0.05) is 11.4 Å². The lowest BCUT2D eigenvalue weighted by molar-refractivity contribution is -0.172. The molecule has 0 amide bonds. The van der Waals surface area contributed by atoms with Gasteiger partial charge in [-0.2, -0.15) is 0 Å². The third-order valence-corrected chi connectivity index (χ3v) is 6.24. The molecule has 2 atom stereocenters. The standard InChI is InChI=1S/C27H35ClO7/c1-33-23-14-11-20(12-15-23)24-16-21(28)13-10-19(24)8-6-4-5-7-9-22(29)17-27(32,26(31)35-3)18-25(30)34-2/h10-16,22,29,32H,4-9,17-18H2,1-3H3. The molecule has 0 bridgehead atoms. The summed E-state index contributed by atoms with van der Waals surface area (Å²) in [5.41, 5.74) is 1.29. The first kappa shape index (κ1) is 28.6. The molecule has 2 rings (SSSR count). The molecule has 0 aliphatic rings. The van der Waals surface area contributed by atoms with Crippen LogP contribution in [0.15, 0.2) is 42.5 Å². The van der Waals surface area contributed by atoms with Crippen LogP contribution in [0.4, 0.5) is 0 Å². The van der Waals surface area contributed by atoms with Crippen molar-refractivity contribution in [2.75, 3.05) is 21.3 Å². The van der Waals surface area contributed by atoms with Crippen LogP contribution in [0.5, 0.6) is 5.75 Å². The quantitative estimate of drug-likeness (QED) is 0.282. The van der Waals surface area contributed by atoms with Gasteiger partial charge in [0.1, 0.15) is 5.75 Å². The Labute approximate surface area is 212 Å². The maximum atomic E-state index is 11.9. The predicted octanol–water partition coefficient (Wildman–Crippen LogP) is 4.73. The second-order valence-electron chi connectivity index (χ2n) is 8.62. The van der Waals surface area contributed by atoms with E-state index < -0.39 is 30.1 Å². The summed E-state index contributed by atoms with van der Waals surface area (Å²) in [7, 11) is 3.93. The molecule has 0 saturated heterocycles. The van der Waals surface area contributed by atoms with Crippen LogP contribution in [0.2, 0.25) is 5.02 Å². The summed E-state index contributed by atoms with van der Waals surface area (Å²) in [6.45, 7) is 0. The normalized spacial score (nSPS) is 13.5. The molecule has 2 N–H and O–H groups in total. The van der Waals surface area contributed by atoms with Crippen molar-refractivity contribution in [2.45, 2.75) is 63.1 Å². The molecule has 8 heteroatoms. The van der Waals surface area contributed by atoms with Gasteiger partial charge in [-0.15, -0.1) is 0 Å². The number of aliphatic hydroxyl groups is 2. The van der Waals surface area contributed by atoms with Crippen molar-refractivity contribution in [1.82, 2.24) is 0 Å². The van der Waals surface area contributed by atoms with E-state index in [1.807, 2.05) is 36.4 Å². The number of esters is 2. The van der Waals surface area contributed by atoms with Crippen molar-refractivity contribution < 1.29 is 34.0 Å². The molecular weight excluding hydrogens is 472 g/mol. The van der Waals surface area contributed by atoms with Gasteiger partial charge in [-0.05, 0) is 60.2 Å². The highest BCUT2D eigenvalue weighted by molar-refractivity contribution is 6.30. The Kier molecular flexibility index (Phi) is 11.5. The van der Waals surface area contributed by atoms with Gasteiger partial charge in [-0.25, -0.2) is 4.79 Å². The third kappa shape index (κ3) is 8.84. The number of carbonyl (C=O) groups excluding carboxylic acids is 2. The van der Waals surface area contributed by atoms with Crippen molar-refractivity contribution >= 4 is 23.5 Å². The number of hydrogen-bond acceptors (Lipinski definition) is 7. The number of carbonyl (C=O) groups is 2. The van der Waals surface area contributed by atoms with E-state index >= 15 is 0 Å². The van der Waals surface area contributed by atoms with Crippen LogP contribution in [-0.4, -0.2) is 55.2 Å². The van der Waals surface area contributed by atoms with Gasteiger partial charge in [-0.1, -0.05) is 49.1 Å². The minimum Gasteiger partial charge on any atom is -0.497 e. The van der Waals surface area contributed by atoms with Crippen LogP contribution in [0, 0.1) is 0 Å². The van der Waals surface area contributed by atoms with Crippen LogP contribution >= 0.6 is 11.6 Å². The Morgan fingerprint density at radius 1 is 0.971 bits per heavy atom. The van der Waals surface area contributed by atoms with Gasteiger partial charge < -0.3 is 24.4 Å². The summed E-state index contributed by atoms with van der Waals surface area (Å²) in [5.74, 6) is -0.909.